The number of rotatable bonds is 1. The third-order valence-corrected chi connectivity index (χ3v) is 2.37. The molecule has 2 rings (SSSR count). The predicted molar refractivity (Wildman–Crippen MR) is 59.1 cm³/mol. The van der Waals surface area contributed by atoms with E-state index in [1.807, 2.05) is 24.5 Å². The topological polar surface area (TPSA) is 12.9 Å². The highest BCUT2D eigenvalue weighted by Gasteiger charge is 2.00. The fourth-order valence-electron chi connectivity index (χ4n) is 1.67. The average molecular weight is 183 g/mol. The van der Waals surface area contributed by atoms with E-state index >= 15 is 0 Å². The van der Waals surface area contributed by atoms with Crippen molar-refractivity contribution in [2.24, 2.45) is 0 Å². The van der Waals surface area contributed by atoms with E-state index in [0.717, 1.165) is 0 Å². The Morgan fingerprint density at radius 3 is 2.29 bits per heavy atom. The van der Waals surface area contributed by atoms with Crippen molar-refractivity contribution in [3.63, 3.8) is 0 Å². The second-order valence-electron chi connectivity index (χ2n) is 3.55. The first-order valence-corrected chi connectivity index (χ1v) is 4.75. The summed E-state index contributed by atoms with van der Waals surface area (Å²) in [5.74, 6) is 0. The highest BCUT2D eigenvalue weighted by Crippen LogP contribution is 2.22. The zero-order chi connectivity index (χ0) is 9.97. The summed E-state index contributed by atoms with van der Waals surface area (Å²) in [4.78, 5) is 4.02. The smallest absolute Gasteiger partial charge is 0.0273 e. The normalized spacial score (nSPS) is 10.1. The monoisotopic (exact) mass is 183 g/mol. The van der Waals surface area contributed by atoms with Gasteiger partial charge in [-0.05, 0) is 42.7 Å². The molecule has 0 saturated carbocycles. The number of aryl methyl sites for hydroxylation is 2. The van der Waals surface area contributed by atoms with Crippen LogP contribution in [0.25, 0.3) is 11.1 Å². The Bertz CT molecular complexity index is 432. The molecule has 0 radical (unpaired) electrons. The maximum atomic E-state index is 4.02. The Morgan fingerprint density at radius 2 is 1.64 bits per heavy atom. The largest absolute Gasteiger partial charge is 0.265 e. The molecule has 0 N–H and O–H groups in total. The van der Waals surface area contributed by atoms with Crippen molar-refractivity contribution in [3.05, 3.63) is 53.9 Å². The van der Waals surface area contributed by atoms with Gasteiger partial charge in [0.2, 0.25) is 0 Å². The van der Waals surface area contributed by atoms with E-state index in [0.29, 0.717) is 0 Å². The molecule has 14 heavy (non-hydrogen) atoms. The standard InChI is InChI=1S/C13H13N/c1-10-3-4-13(11(2)9-10)12-5-7-14-8-6-12/h3-9H,1-2H3. The summed E-state index contributed by atoms with van der Waals surface area (Å²) >= 11 is 0. The molecule has 0 aliphatic rings. The minimum absolute atomic E-state index is 1.23. The zero-order valence-electron chi connectivity index (χ0n) is 8.49. The van der Waals surface area contributed by atoms with E-state index in [4.69, 9.17) is 0 Å². The van der Waals surface area contributed by atoms with Gasteiger partial charge in [-0.2, -0.15) is 0 Å². The van der Waals surface area contributed by atoms with Gasteiger partial charge in [0.1, 0.15) is 0 Å². The first kappa shape index (κ1) is 8.95. The van der Waals surface area contributed by atoms with Crippen LogP contribution in [0.1, 0.15) is 11.1 Å². The molecule has 70 valence electrons. The minimum atomic E-state index is 1.23. The highest BCUT2D eigenvalue weighted by atomic mass is 14.6. The molecule has 2 aromatic rings. The number of benzene rings is 1. The summed E-state index contributed by atoms with van der Waals surface area (Å²) in [5.41, 5.74) is 5.15. The Morgan fingerprint density at radius 1 is 0.929 bits per heavy atom. The van der Waals surface area contributed by atoms with Gasteiger partial charge in [0.15, 0.2) is 0 Å². The van der Waals surface area contributed by atoms with Gasteiger partial charge in [0, 0.05) is 12.4 Å². The molecule has 0 spiro atoms. The molecule has 0 fully saturated rings. The second kappa shape index (κ2) is 3.62. The van der Waals surface area contributed by atoms with E-state index in [9.17, 15) is 0 Å². The van der Waals surface area contributed by atoms with Crippen LogP contribution in [0.2, 0.25) is 0 Å². The van der Waals surface area contributed by atoms with Crippen LogP contribution >= 0.6 is 0 Å². The summed E-state index contributed by atoms with van der Waals surface area (Å²) in [7, 11) is 0. The minimum Gasteiger partial charge on any atom is -0.265 e. The number of hydrogen-bond acceptors (Lipinski definition) is 1. The first-order valence-electron chi connectivity index (χ1n) is 4.75. The quantitative estimate of drug-likeness (QED) is 0.660. The van der Waals surface area contributed by atoms with Gasteiger partial charge in [-0.1, -0.05) is 23.8 Å². The van der Waals surface area contributed by atoms with Crippen LogP contribution in [0.4, 0.5) is 0 Å². The summed E-state index contributed by atoms with van der Waals surface area (Å²) in [6.07, 6.45) is 3.66. The summed E-state index contributed by atoms with van der Waals surface area (Å²) in [6, 6.07) is 10.6. The van der Waals surface area contributed by atoms with Gasteiger partial charge in [-0.25, -0.2) is 0 Å². The Labute approximate surface area is 84.4 Å². The van der Waals surface area contributed by atoms with E-state index in [1.165, 1.54) is 22.3 Å². The number of aromatic nitrogens is 1. The lowest BCUT2D eigenvalue weighted by atomic mass is 10.00. The molecule has 0 bridgehead atoms. The van der Waals surface area contributed by atoms with Gasteiger partial charge in [-0.15, -0.1) is 0 Å². The van der Waals surface area contributed by atoms with Crippen molar-refractivity contribution in [1.82, 2.24) is 4.98 Å². The van der Waals surface area contributed by atoms with Gasteiger partial charge in [0.25, 0.3) is 0 Å². The molecule has 1 aromatic carbocycles. The third-order valence-electron chi connectivity index (χ3n) is 2.37. The zero-order valence-corrected chi connectivity index (χ0v) is 8.49. The molecule has 1 nitrogen and oxygen atoms in total. The van der Waals surface area contributed by atoms with E-state index in [-0.39, 0.29) is 0 Å². The fraction of sp³-hybridized carbons (Fsp3) is 0.154. The van der Waals surface area contributed by atoms with Crippen LogP contribution in [0.3, 0.4) is 0 Å². The number of hydrogen-bond donors (Lipinski definition) is 0. The lowest BCUT2D eigenvalue weighted by Crippen LogP contribution is -1.84. The molecule has 0 saturated heterocycles. The molecule has 0 atom stereocenters. The fourth-order valence-corrected chi connectivity index (χ4v) is 1.67. The molecule has 0 amide bonds. The van der Waals surface area contributed by atoms with Crippen molar-refractivity contribution < 1.29 is 0 Å². The molecule has 1 heterocycles. The Balaban J connectivity index is 2.53. The highest BCUT2D eigenvalue weighted by molar-refractivity contribution is 5.66. The SMILES string of the molecule is Cc1ccc(-c2ccncc2)c(C)c1. The average Bonchev–Trinajstić information content (AvgIpc) is 2.19. The van der Waals surface area contributed by atoms with Crippen molar-refractivity contribution in [2.75, 3.05) is 0 Å². The van der Waals surface area contributed by atoms with Gasteiger partial charge < -0.3 is 0 Å². The van der Waals surface area contributed by atoms with Crippen LogP contribution in [0.15, 0.2) is 42.7 Å². The van der Waals surface area contributed by atoms with E-state index < -0.39 is 0 Å². The first-order chi connectivity index (χ1) is 6.77. The van der Waals surface area contributed by atoms with Gasteiger partial charge in [0.05, 0.1) is 0 Å². The van der Waals surface area contributed by atoms with Crippen LogP contribution in [0, 0.1) is 13.8 Å². The summed E-state index contributed by atoms with van der Waals surface area (Å²) in [6.45, 7) is 4.26. The molecule has 1 heteroatoms. The molecular weight excluding hydrogens is 170 g/mol. The molecule has 1 aromatic heterocycles. The lowest BCUT2D eigenvalue weighted by Gasteiger charge is -2.06. The van der Waals surface area contributed by atoms with Gasteiger partial charge in [-0.3, -0.25) is 4.98 Å². The maximum absolute atomic E-state index is 4.02. The number of pyridine rings is 1. The second-order valence-corrected chi connectivity index (χ2v) is 3.55. The van der Waals surface area contributed by atoms with E-state index in [2.05, 4.69) is 37.0 Å². The van der Waals surface area contributed by atoms with Crippen molar-refractivity contribution in [3.8, 4) is 11.1 Å². The van der Waals surface area contributed by atoms with Crippen LogP contribution in [-0.2, 0) is 0 Å². The van der Waals surface area contributed by atoms with Crippen LogP contribution < -0.4 is 0 Å². The third kappa shape index (κ3) is 1.67. The molecule has 0 aliphatic carbocycles. The summed E-state index contributed by atoms with van der Waals surface area (Å²) < 4.78 is 0. The van der Waals surface area contributed by atoms with Gasteiger partial charge >= 0.3 is 0 Å². The maximum Gasteiger partial charge on any atom is 0.0273 e. The van der Waals surface area contributed by atoms with Crippen LogP contribution in [-0.4, -0.2) is 4.98 Å². The van der Waals surface area contributed by atoms with Crippen molar-refractivity contribution in [1.29, 1.82) is 0 Å². The van der Waals surface area contributed by atoms with Crippen molar-refractivity contribution in [2.45, 2.75) is 13.8 Å². The van der Waals surface area contributed by atoms with E-state index in [1.54, 1.807) is 0 Å². The lowest BCUT2D eigenvalue weighted by molar-refractivity contribution is 1.32. The Kier molecular flexibility index (Phi) is 2.32. The summed E-state index contributed by atoms with van der Waals surface area (Å²) in [5, 5.41) is 0. The predicted octanol–water partition coefficient (Wildman–Crippen LogP) is 3.37. The number of nitrogens with zero attached hydrogens (tertiary/aromatic N) is 1. The van der Waals surface area contributed by atoms with Crippen molar-refractivity contribution >= 4 is 0 Å². The van der Waals surface area contributed by atoms with Crippen LogP contribution in [0.5, 0.6) is 0 Å². The molecule has 0 aliphatic heterocycles. The molecule has 0 unspecified atom stereocenters. The Hall–Kier alpha value is -1.63. The molecular formula is C13H13N.